The van der Waals surface area contributed by atoms with Gasteiger partial charge >= 0.3 is 0 Å². The number of nitrogen functional groups attached to an aromatic ring is 1. The van der Waals surface area contributed by atoms with Gasteiger partial charge in [0, 0.05) is 12.7 Å². The number of nitrogens with one attached hydrogen (secondary N) is 1. The van der Waals surface area contributed by atoms with E-state index in [4.69, 9.17) is 15.0 Å². The van der Waals surface area contributed by atoms with Gasteiger partial charge in [0.1, 0.15) is 11.5 Å². The fourth-order valence-electron chi connectivity index (χ4n) is 1.89. The van der Waals surface area contributed by atoms with Gasteiger partial charge in [-0.3, -0.25) is 10.2 Å². The van der Waals surface area contributed by atoms with Crippen LogP contribution in [0.2, 0.25) is 0 Å². The Morgan fingerprint density at radius 2 is 2.05 bits per heavy atom. The van der Waals surface area contributed by atoms with Crippen LogP contribution >= 0.6 is 0 Å². The van der Waals surface area contributed by atoms with Crippen molar-refractivity contribution in [1.82, 2.24) is 5.43 Å². The van der Waals surface area contributed by atoms with Crippen LogP contribution in [0.5, 0.6) is 5.75 Å². The number of carbonyl (C=O) groups excluding carboxylic acids is 1. The number of anilines is 1. The van der Waals surface area contributed by atoms with Crippen LogP contribution in [0, 0.1) is 0 Å². The number of benzene rings is 1. The number of hydrazine groups is 1. The Morgan fingerprint density at radius 3 is 2.65 bits per heavy atom. The molecule has 0 radical (unpaired) electrons. The first-order chi connectivity index (χ1) is 9.65. The van der Waals surface area contributed by atoms with Crippen molar-refractivity contribution in [2.75, 3.05) is 19.1 Å². The first kappa shape index (κ1) is 14.0. The molecule has 0 spiro atoms. The second kappa shape index (κ2) is 6.12. The van der Waals surface area contributed by atoms with Crippen LogP contribution in [-0.4, -0.2) is 20.1 Å². The summed E-state index contributed by atoms with van der Waals surface area (Å²) in [6.07, 6.45) is 1.47. The number of furan rings is 1. The summed E-state index contributed by atoms with van der Waals surface area (Å²) in [6, 6.07) is 9.22. The van der Waals surface area contributed by atoms with Gasteiger partial charge in [0.15, 0.2) is 0 Å². The molecule has 0 saturated heterocycles. The molecule has 2 rings (SSSR count). The third-order valence-corrected chi connectivity index (χ3v) is 3.02. The molecule has 0 saturated carbocycles. The second-order valence-electron chi connectivity index (χ2n) is 4.29. The van der Waals surface area contributed by atoms with Crippen molar-refractivity contribution >= 4 is 11.6 Å². The lowest BCUT2D eigenvalue weighted by Gasteiger charge is -2.18. The SMILES string of the molecule is COc1ccc(N(C)Cc2occc2C(=O)NN)cc1. The van der Waals surface area contributed by atoms with Gasteiger partial charge < -0.3 is 14.1 Å². The van der Waals surface area contributed by atoms with E-state index < -0.39 is 0 Å². The minimum absolute atomic E-state index is 0.364. The van der Waals surface area contributed by atoms with E-state index in [0.717, 1.165) is 11.4 Å². The Morgan fingerprint density at radius 1 is 1.35 bits per heavy atom. The normalized spacial score (nSPS) is 10.2. The molecule has 0 aliphatic carbocycles. The van der Waals surface area contributed by atoms with Crippen LogP contribution in [0.25, 0.3) is 0 Å². The first-order valence-electron chi connectivity index (χ1n) is 6.08. The number of carbonyl (C=O) groups is 1. The topological polar surface area (TPSA) is 80.7 Å². The van der Waals surface area contributed by atoms with Gasteiger partial charge in [0.25, 0.3) is 5.91 Å². The van der Waals surface area contributed by atoms with Crippen LogP contribution < -0.4 is 20.9 Å². The average Bonchev–Trinajstić information content (AvgIpc) is 2.94. The molecule has 0 atom stereocenters. The highest BCUT2D eigenvalue weighted by Crippen LogP contribution is 2.21. The van der Waals surface area contributed by atoms with E-state index in [1.807, 2.05) is 36.2 Å². The monoisotopic (exact) mass is 275 g/mol. The Balaban J connectivity index is 2.12. The van der Waals surface area contributed by atoms with E-state index in [9.17, 15) is 4.79 Å². The van der Waals surface area contributed by atoms with E-state index in [-0.39, 0.29) is 5.91 Å². The van der Waals surface area contributed by atoms with E-state index in [1.165, 1.54) is 6.26 Å². The fourth-order valence-corrected chi connectivity index (χ4v) is 1.89. The zero-order valence-electron chi connectivity index (χ0n) is 11.4. The molecule has 1 aromatic carbocycles. The zero-order valence-corrected chi connectivity index (χ0v) is 11.4. The highest BCUT2D eigenvalue weighted by Gasteiger charge is 2.15. The lowest BCUT2D eigenvalue weighted by molar-refractivity contribution is 0.0951. The summed E-state index contributed by atoms with van der Waals surface area (Å²) >= 11 is 0. The molecule has 106 valence electrons. The molecule has 0 unspecified atom stereocenters. The molecule has 0 fully saturated rings. The maximum Gasteiger partial charge on any atom is 0.268 e. The van der Waals surface area contributed by atoms with Crippen LogP contribution in [0.3, 0.4) is 0 Å². The number of nitrogens with zero attached hydrogens (tertiary/aromatic N) is 1. The molecule has 1 aromatic heterocycles. The first-order valence-corrected chi connectivity index (χ1v) is 6.08. The number of methoxy groups -OCH3 is 1. The van der Waals surface area contributed by atoms with Crippen LogP contribution in [-0.2, 0) is 6.54 Å². The molecule has 1 heterocycles. The predicted molar refractivity (Wildman–Crippen MR) is 75.5 cm³/mol. The maximum absolute atomic E-state index is 11.6. The lowest BCUT2D eigenvalue weighted by atomic mass is 10.2. The van der Waals surface area contributed by atoms with Crippen molar-refractivity contribution in [3.63, 3.8) is 0 Å². The van der Waals surface area contributed by atoms with Gasteiger partial charge in [0.2, 0.25) is 0 Å². The molecule has 0 bridgehead atoms. The number of hydrogen-bond acceptors (Lipinski definition) is 5. The Kier molecular flexibility index (Phi) is 4.27. The predicted octanol–water partition coefficient (Wildman–Crippen LogP) is 1.53. The van der Waals surface area contributed by atoms with Gasteiger partial charge in [0.05, 0.1) is 25.5 Å². The molecule has 0 aliphatic rings. The highest BCUT2D eigenvalue weighted by molar-refractivity contribution is 5.94. The summed E-state index contributed by atoms with van der Waals surface area (Å²) in [5.41, 5.74) is 3.53. The Hall–Kier alpha value is -2.47. The van der Waals surface area contributed by atoms with Crippen molar-refractivity contribution < 1.29 is 13.9 Å². The summed E-state index contributed by atoms with van der Waals surface area (Å²) < 4.78 is 10.5. The Bertz CT molecular complexity index is 578. The van der Waals surface area contributed by atoms with E-state index in [1.54, 1.807) is 13.2 Å². The fraction of sp³-hybridized carbons (Fsp3) is 0.214. The van der Waals surface area contributed by atoms with Crippen molar-refractivity contribution in [3.05, 3.63) is 47.9 Å². The third-order valence-electron chi connectivity index (χ3n) is 3.02. The lowest BCUT2D eigenvalue weighted by Crippen LogP contribution is -2.31. The van der Waals surface area contributed by atoms with Crippen molar-refractivity contribution in [2.45, 2.75) is 6.54 Å². The molecule has 6 heteroatoms. The smallest absolute Gasteiger partial charge is 0.268 e. The van der Waals surface area contributed by atoms with Gasteiger partial charge in [-0.1, -0.05) is 0 Å². The van der Waals surface area contributed by atoms with Gasteiger partial charge in [-0.25, -0.2) is 5.84 Å². The van der Waals surface area contributed by atoms with Crippen molar-refractivity contribution in [2.24, 2.45) is 5.84 Å². The highest BCUT2D eigenvalue weighted by atomic mass is 16.5. The molecule has 2 aromatic rings. The van der Waals surface area contributed by atoms with E-state index in [0.29, 0.717) is 17.9 Å². The minimum atomic E-state index is -0.364. The summed E-state index contributed by atoms with van der Waals surface area (Å²) in [4.78, 5) is 13.5. The third kappa shape index (κ3) is 2.92. The molecule has 3 N–H and O–H groups in total. The summed E-state index contributed by atoms with van der Waals surface area (Å²) in [5, 5.41) is 0. The molecular weight excluding hydrogens is 258 g/mol. The minimum Gasteiger partial charge on any atom is -0.497 e. The number of rotatable bonds is 5. The molecule has 0 aliphatic heterocycles. The van der Waals surface area contributed by atoms with Crippen LogP contribution in [0.4, 0.5) is 5.69 Å². The van der Waals surface area contributed by atoms with Crippen molar-refractivity contribution in [1.29, 1.82) is 0 Å². The summed E-state index contributed by atoms with van der Waals surface area (Å²) in [7, 11) is 3.54. The molecule has 6 nitrogen and oxygen atoms in total. The summed E-state index contributed by atoms with van der Waals surface area (Å²) in [5.74, 6) is 6.13. The average molecular weight is 275 g/mol. The second-order valence-corrected chi connectivity index (χ2v) is 4.29. The number of ether oxygens (including phenoxy) is 1. The van der Waals surface area contributed by atoms with Crippen LogP contribution in [0.1, 0.15) is 16.1 Å². The van der Waals surface area contributed by atoms with Gasteiger partial charge in [-0.15, -0.1) is 0 Å². The summed E-state index contributed by atoms with van der Waals surface area (Å²) in [6.45, 7) is 0.460. The van der Waals surface area contributed by atoms with E-state index in [2.05, 4.69) is 5.43 Å². The van der Waals surface area contributed by atoms with Gasteiger partial charge in [-0.2, -0.15) is 0 Å². The maximum atomic E-state index is 11.6. The number of amides is 1. The van der Waals surface area contributed by atoms with Crippen LogP contribution in [0.15, 0.2) is 41.0 Å². The number of nitrogens with two attached hydrogens (primary N) is 1. The number of hydrogen-bond donors (Lipinski definition) is 2. The molecular formula is C14H17N3O3. The molecule has 20 heavy (non-hydrogen) atoms. The zero-order chi connectivity index (χ0) is 14.5. The quantitative estimate of drug-likeness (QED) is 0.491. The van der Waals surface area contributed by atoms with Crippen molar-refractivity contribution in [3.8, 4) is 5.75 Å². The van der Waals surface area contributed by atoms with Gasteiger partial charge in [-0.05, 0) is 30.3 Å². The van der Waals surface area contributed by atoms with E-state index >= 15 is 0 Å². The standard InChI is InChI=1S/C14H17N3O3/c1-17(10-3-5-11(19-2)6-4-10)9-13-12(7-8-20-13)14(18)16-15/h3-8H,9,15H2,1-2H3,(H,16,18). The molecule has 1 amide bonds. The largest absolute Gasteiger partial charge is 0.497 e. The Labute approximate surface area is 117 Å².